The van der Waals surface area contributed by atoms with Crippen LogP contribution in [0.15, 0.2) is 72.8 Å². The highest BCUT2D eigenvalue weighted by atomic mass is 16.5. The SMILES string of the molecule is COc1ccc(C(=O)NN2C(=O)[C@@H]3C4c5ccccc5C(C)(c5ccccc54)[C@H]3C2=O)cc1. The Morgan fingerprint density at radius 3 is 2.03 bits per heavy atom. The predicted molar refractivity (Wildman–Crippen MR) is 120 cm³/mol. The fourth-order valence-corrected chi connectivity index (χ4v) is 6.17. The molecule has 33 heavy (non-hydrogen) atoms. The first-order chi connectivity index (χ1) is 16.0. The van der Waals surface area contributed by atoms with Crippen LogP contribution in [-0.2, 0) is 15.0 Å². The van der Waals surface area contributed by atoms with Crippen LogP contribution >= 0.6 is 0 Å². The van der Waals surface area contributed by atoms with Gasteiger partial charge in [-0.25, -0.2) is 0 Å². The summed E-state index contributed by atoms with van der Waals surface area (Å²) < 4.78 is 5.13. The van der Waals surface area contributed by atoms with Gasteiger partial charge in [-0.05, 0) is 46.5 Å². The van der Waals surface area contributed by atoms with Gasteiger partial charge in [0.2, 0.25) is 0 Å². The van der Waals surface area contributed by atoms with E-state index in [2.05, 4.69) is 36.6 Å². The van der Waals surface area contributed by atoms with E-state index >= 15 is 0 Å². The molecule has 6 nitrogen and oxygen atoms in total. The summed E-state index contributed by atoms with van der Waals surface area (Å²) in [6.07, 6.45) is 0. The van der Waals surface area contributed by atoms with Crippen molar-refractivity contribution < 1.29 is 19.1 Å². The lowest BCUT2D eigenvalue weighted by atomic mass is 9.48. The van der Waals surface area contributed by atoms with Crippen molar-refractivity contribution in [3.05, 3.63) is 101 Å². The molecule has 0 aromatic heterocycles. The van der Waals surface area contributed by atoms with Gasteiger partial charge in [-0.15, -0.1) is 0 Å². The minimum Gasteiger partial charge on any atom is -0.497 e. The number of ether oxygens (including phenoxy) is 1. The van der Waals surface area contributed by atoms with E-state index in [0.29, 0.717) is 11.3 Å². The molecule has 1 fully saturated rings. The molecule has 0 radical (unpaired) electrons. The van der Waals surface area contributed by atoms with E-state index in [-0.39, 0.29) is 17.7 Å². The molecule has 0 saturated carbocycles. The summed E-state index contributed by atoms with van der Waals surface area (Å²) in [6, 6.07) is 22.7. The van der Waals surface area contributed by atoms with Crippen LogP contribution in [0.2, 0.25) is 0 Å². The molecule has 0 unspecified atom stereocenters. The Balaban J connectivity index is 1.42. The average Bonchev–Trinajstić information content (AvgIpc) is 3.10. The van der Waals surface area contributed by atoms with Crippen molar-refractivity contribution >= 4 is 17.7 Å². The number of methoxy groups -OCH3 is 1. The van der Waals surface area contributed by atoms with Gasteiger partial charge in [0.05, 0.1) is 18.9 Å². The summed E-state index contributed by atoms with van der Waals surface area (Å²) in [5.74, 6) is -1.95. The van der Waals surface area contributed by atoms with Crippen LogP contribution in [0.4, 0.5) is 0 Å². The fourth-order valence-electron chi connectivity index (χ4n) is 6.17. The van der Waals surface area contributed by atoms with Gasteiger partial charge >= 0.3 is 0 Å². The number of amides is 3. The summed E-state index contributed by atoms with van der Waals surface area (Å²) >= 11 is 0. The predicted octanol–water partition coefficient (Wildman–Crippen LogP) is 3.41. The number of nitrogens with zero attached hydrogens (tertiary/aromatic N) is 1. The van der Waals surface area contributed by atoms with Gasteiger partial charge in [0.15, 0.2) is 0 Å². The molecular weight excluding hydrogens is 416 g/mol. The Labute approximate surface area is 191 Å². The Bertz CT molecular complexity index is 1280. The average molecular weight is 438 g/mol. The molecule has 2 bridgehead atoms. The molecule has 0 spiro atoms. The molecule has 2 atom stereocenters. The molecule has 3 aromatic carbocycles. The van der Waals surface area contributed by atoms with E-state index < -0.39 is 23.2 Å². The van der Waals surface area contributed by atoms with Gasteiger partial charge in [-0.1, -0.05) is 55.5 Å². The maximum Gasteiger partial charge on any atom is 0.270 e. The van der Waals surface area contributed by atoms with Crippen molar-refractivity contribution in [2.75, 3.05) is 7.11 Å². The molecule has 3 amide bonds. The zero-order valence-corrected chi connectivity index (χ0v) is 18.2. The molecule has 1 aliphatic heterocycles. The molecule has 1 saturated heterocycles. The number of rotatable bonds is 3. The van der Waals surface area contributed by atoms with Crippen LogP contribution < -0.4 is 10.2 Å². The van der Waals surface area contributed by atoms with Gasteiger partial charge in [0, 0.05) is 16.9 Å². The summed E-state index contributed by atoms with van der Waals surface area (Å²) in [7, 11) is 1.54. The number of nitrogens with one attached hydrogen (secondary N) is 1. The standard InChI is InChI=1S/C27H22N2O4/c1-27-19-9-5-3-7-17(19)21(18-8-4-6-10-20(18)27)22-23(27)26(32)29(25(22)31)28-24(30)15-11-13-16(33-2)14-12-15/h3-14,21-23H,1-2H3,(H,28,30)/t21?,22-,23-,27?/m1/s1. The molecule has 6 heteroatoms. The molecule has 4 aliphatic rings. The number of benzene rings is 3. The zero-order chi connectivity index (χ0) is 22.9. The largest absolute Gasteiger partial charge is 0.497 e. The quantitative estimate of drug-likeness (QED) is 0.636. The van der Waals surface area contributed by atoms with Crippen molar-refractivity contribution in [2.45, 2.75) is 18.3 Å². The first-order valence-corrected chi connectivity index (χ1v) is 11.0. The number of carbonyl (C=O) groups is 3. The van der Waals surface area contributed by atoms with Crippen molar-refractivity contribution in [1.82, 2.24) is 10.4 Å². The lowest BCUT2D eigenvalue weighted by Gasteiger charge is -2.52. The molecule has 7 rings (SSSR count). The molecule has 1 N–H and O–H groups in total. The summed E-state index contributed by atoms with van der Waals surface area (Å²) in [5.41, 5.74) is 6.61. The third-order valence-corrected chi connectivity index (χ3v) is 7.61. The zero-order valence-electron chi connectivity index (χ0n) is 18.2. The topological polar surface area (TPSA) is 75.7 Å². The number of imide groups is 1. The highest BCUT2D eigenvalue weighted by Gasteiger charge is 2.66. The van der Waals surface area contributed by atoms with E-state index in [0.717, 1.165) is 27.3 Å². The van der Waals surface area contributed by atoms with Crippen molar-refractivity contribution in [1.29, 1.82) is 0 Å². The van der Waals surface area contributed by atoms with Crippen molar-refractivity contribution in [2.24, 2.45) is 11.8 Å². The minimum absolute atomic E-state index is 0.219. The number of hydrogen-bond acceptors (Lipinski definition) is 4. The normalized spacial score (nSPS) is 26.5. The Kier molecular flexibility index (Phi) is 4.06. The van der Waals surface area contributed by atoms with Crippen molar-refractivity contribution in [3.8, 4) is 5.75 Å². The van der Waals surface area contributed by atoms with E-state index in [1.54, 1.807) is 31.4 Å². The number of carbonyl (C=O) groups excluding carboxylic acids is 3. The van der Waals surface area contributed by atoms with Gasteiger partial charge in [0.1, 0.15) is 5.75 Å². The second-order valence-corrected chi connectivity index (χ2v) is 9.04. The lowest BCUT2D eigenvalue weighted by Crippen LogP contribution is -2.52. The van der Waals surface area contributed by atoms with Gasteiger partial charge < -0.3 is 4.74 Å². The van der Waals surface area contributed by atoms with Crippen LogP contribution in [0.1, 0.15) is 45.5 Å². The maximum absolute atomic E-state index is 13.7. The third-order valence-electron chi connectivity index (χ3n) is 7.61. The van der Waals surface area contributed by atoms with Gasteiger partial charge in [0.25, 0.3) is 17.7 Å². The first-order valence-electron chi connectivity index (χ1n) is 11.0. The van der Waals surface area contributed by atoms with Gasteiger partial charge in [-0.3, -0.25) is 19.8 Å². The monoisotopic (exact) mass is 438 g/mol. The lowest BCUT2D eigenvalue weighted by molar-refractivity contribution is -0.143. The molecule has 1 heterocycles. The molecule has 3 aromatic rings. The summed E-state index contributed by atoms with van der Waals surface area (Å²) in [5, 5.41) is 0.949. The fraction of sp³-hybridized carbons (Fsp3) is 0.222. The highest BCUT2D eigenvalue weighted by Crippen LogP contribution is 2.63. The second-order valence-electron chi connectivity index (χ2n) is 9.04. The van der Waals surface area contributed by atoms with E-state index in [1.807, 2.05) is 24.3 Å². The maximum atomic E-state index is 13.7. The summed E-state index contributed by atoms with van der Waals surface area (Å²) in [6.45, 7) is 2.05. The van der Waals surface area contributed by atoms with Crippen LogP contribution in [-0.4, -0.2) is 29.8 Å². The first kappa shape index (κ1) is 19.7. The number of hydrazine groups is 1. The Hall–Kier alpha value is -3.93. The van der Waals surface area contributed by atoms with Crippen molar-refractivity contribution in [3.63, 3.8) is 0 Å². The van der Waals surface area contributed by atoms with E-state index in [4.69, 9.17) is 4.74 Å². The second kappa shape index (κ2) is 6.78. The van der Waals surface area contributed by atoms with Gasteiger partial charge in [-0.2, -0.15) is 5.01 Å². The van der Waals surface area contributed by atoms with Crippen LogP contribution in [0, 0.1) is 11.8 Å². The Morgan fingerprint density at radius 1 is 0.879 bits per heavy atom. The third kappa shape index (κ3) is 2.46. The molecular formula is C27H22N2O4. The van der Waals surface area contributed by atoms with Crippen LogP contribution in [0.3, 0.4) is 0 Å². The Morgan fingerprint density at radius 2 is 1.45 bits per heavy atom. The molecule has 3 aliphatic carbocycles. The smallest absolute Gasteiger partial charge is 0.270 e. The highest BCUT2D eigenvalue weighted by molar-refractivity contribution is 6.10. The van der Waals surface area contributed by atoms with E-state index in [9.17, 15) is 14.4 Å². The van der Waals surface area contributed by atoms with Crippen LogP contribution in [0.5, 0.6) is 5.75 Å². The summed E-state index contributed by atoms with van der Waals surface area (Å²) in [4.78, 5) is 40.2. The molecule has 164 valence electrons. The van der Waals surface area contributed by atoms with E-state index in [1.165, 1.54) is 0 Å². The minimum atomic E-state index is -0.654. The number of hydrogen-bond donors (Lipinski definition) is 1. The van der Waals surface area contributed by atoms with Crippen LogP contribution in [0.25, 0.3) is 0 Å².